The number of aromatic amines is 1. The van der Waals surface area contributed by atoms with Crippen LogP contribution >= 0.6 is 35.0 Å². The lowest BCUT2D eigenvalue weighted by Crippen LogP contribution is -2.14. The number of nitriles is 1. The number of fused-ring (bicyclic) bond motifs is 1. The van der Waals surface area contributed by atoms with Gasteiger partial charge in [-0.3, -0.25) is 4.79 Å². The van der Waals surface area contributed by atoms with E-state index in [2.05, 4.69) is 30.4 Å². The number of hydrogen-bond donors (Lipinski definition) is 2. The predicted octanol–water partition coefficient (Wildman–Crippen LogP) is 5.09. The van der Waals surface area contributed by atoms with E-state index >= 15 is 0 Å². The maximum absolute atomic E-state index is 12.5. The topological polar surface area (TPSA) is 125 Å². The minimum atomic E-state index is -0.494. The number of halogens is 2. The number of H-pyrrole nitrogens is 1. The summed E-state index contributed by atoms with van der Waals surface area (Å²) in [7, 11) is 0. The van der Waals surface area contributed by atoms with Crippen LogP contribution in [0.4, 0.5) is 11.5 Å². The van der Waals surface area contributed by atoms with E-state index in [-0.39, 0.29) is 5.56 Å². The zero-order valence-electron chi connectivity index (χ0n) is 17.7. The van der Waals surface area contributed by atoms with Crippen molar-refractivity contribution in [3.05, 3.63) is 92.6 Å². The summed E-state index contributed by atoms with van der Waals surface area (Å²) in [5, 5.41) is 18.2. The summed E-state index contributed by atoms with van der Waals surface area (Å²) in [6.45, 7) is 0. The molecule has 0 atom stereocenters. The Labute approximate surface area is 212 Å². The van der Waals surface area contributed by atoms with E-state index in [4.69, 9.17) is 23.2 Å². The fraction of sp³-hybridized carbons (Fsp3) is 0.0435. The number of nitrogens with zero attached hydrogens (tertiary/aromatic N) is 6. The van der Waals surface area contributed by atoms with Crippen LogP contribution in [0.2, 0.25) is 10.0 Å². The van der Waals surface area contributed by atoms with Gasteiger partial charge in [-0.1, -0.05) is 65.3 Å². The van der Waals surface area contributed by atoms with Crippen molar-refractivity contribution in [2.45, 2.75) is 10.9 Å². The molecule has 5 rings (SSSR count). The lowest BCUT2D eigenvalue weighted by atomic mass is 10.1. The lowest BCUT2D eigenvalue weighted by molar-refractivity contribution is 0.924. The molecule has 0 saturated heterocycles. The molecule has 5 aromatic rings. The van der Waals surface area contributed by atoms with Gasteiger partial charge in [0.25, 0.3) is 11.3 Å². The average Bonchev–Trinajstić information content (AvgIpc) is 3.34. The van der Waals surface area contributed by atoms with E-state index in [1.807, 2.05) is 30.3 Å². The summed E-state index contributed by atoms with van der Waals surface area (Å²) in [6.07, 6.45) is 1.41. The van der Waals surface area contributed by atoms with Crippen LogP contribution in [-0.4, -0.2) is 29.5 Å². The maximum atomic E-state index is 12.5. The average molecular weight is 521 g/mol. The molecule has 172 valence electrons. The highest BCUT2D eigenvalue weighted by Gasteiger charge is 2.15. The molecule has 0 radical (unpaired) electrons. The molecule has 0 amide bonds. The molecule has 0 aliphatic rings. The Morgan fingerprint density at radius 2 is 1.91 bits per heavy atom. The van der Waals surface area contributed by atoms with E-state index in [9.17, 15) is 10.1 Å². The first kappa shape index (κ1) is 22.9. The number of thioether (sulfide) groups is 1. The first-order valence-electron chi connectivity index (χ1n) is 10.2. The fourth-order valence-corrected chi connectivity index (χ4v) is 4.37. The van der Waals surface area contributed by atoms with Crippen molar-refractivity contribution in [3.63, 3.8) is 0 Å². The van der Waals surface area contributed by atoms with E-state index in [1.165, 1.54) is 18.1 Å². The van der Waals surface area contributed by atoms with Gasteiger partial charge in [0, 0.05) is 23.1 Å². The number of rotatable bonds is 6. The summed E-state index contributed by atoms with van der Waals surface area (Å²) >= 11 is 13.4. The van der Waals surface area contributed by atoms with Crippen molar-refractivity contribution in [1.29, 1.82) is 5.26 Å². The Balaban J connectivity index is 1.45. The SMILES string of the molecule is N#Cc1c(-c2ccccc2)nc(SCc2cc(Nc3ccc(Cl)c(Cl)c3)n3ncnc3n2)[nH]c1=O. The van der Waals surface area contributed by atoms with E-state index in [1.54, 1.807) is 34.8 Å². The van der Waals surface area contributed by atoms with Gasteiger partial charge in [-0.2, -0.15) is 19.9 Å². The summed E-state index contributed by atoms with van der Waals surface area (Å²) in [5.74, 6) is 1.40. The van der Waals surface area contributed by atoms with Gasteiger partial charge >= 0.3 is 0 Å². The molecule has 0 saturated carbocycles. The van der Waals surface area contributed by atoms with Crippen LogP contribution in [0.3, 0.4) is 0 Å². The summed E-state index contributed by atoms with van der Waals surface area (Å²) < 4.78 is 1.56. The van der Waals surface area contributed by atoms with Crippen LogP contribution in [0, 0.1) is 11.3 Å². The quantitative estimate of drug-likeness (QED) is 0.234. The molecule has 9 nitrogen and oxygen atoms in total. The molecule has 3 aromatic heterocycles. The Bertz CT molecular complexity index is 1650. The Morgan fingerprint density at radius 3 is 2.69 bits per heavy atom. The Hall–Kier alpha value is -3.91. The Kier molecular flexibility index (Phi) is 6.37. The van der Waals surface area contributed by atoms with Crippen molar-refractivity contribution >= 4 is 52.2 Å². The largest absolute Gasteiger partial charge is 0.340 e. The molecule has 0 fully saturated rings. The third kappa shape index (κ3) is 4.83. The fourth-order valence-electron chi connectivity index (χ4n) is 3.32. The van der Waals surface area contributed by atoms with Crippen molar-refractivity contribution in [2.75, 3.05) is 5.32 Å². The molecule has 12 heteroatoms. The van der Waals surface area contributed by atoms with Gasteiger partial charge in [0.15, 0.2) is 5.16 Å². The Morgan fingerprint density at radius 1 is 1.09 bits per heavy atom. The van der Waals surface area contributed by atoms with E-state index < -0.39 is 5.56 Å². The van der Waals surface area contributed by atoms with E-state index in [0.29, 0.717) is 55.2 Å². The number of hydrogen-bond acceptors (Lipinski definition) is 8. The third-order valence-electron chi connectivity index (χ3n) is 4.91. The van der Waals surface area contributed by atoms with Crippen LogP contribution in [-0.2, 0) is 5.75 Å². The molecule has 0 aliphatic carbocycles. The summed E-state index contributed by atoms with van der Waals surface area (Å²) in [6, 6.07) is 18.1. The molecule has 0 aliphatic heterocycles. The van der Waals surface area contributed by atoms with Gasteiger partial charge in [-0.25, -0.2) is 9.97 Å². The van der Waals surface area contributed by atoms with Gasteiger partial charge in [-0.15, -0.1) is 0 Å². The second kappa shape index (κ2) is 9.76. The minimum absolute atomic E-state index is 0.0309. The maximum Gasteiger partial charge on any atom is 0.270 e. The number of nitrogens with one attached hydrogen (secondary N) is 2. The highest BCUT2D eigenvalue weighted by molar-refractivity contribution is 7.98. The highest BCUT2D eigenvalue weighted by atomic mass is 35.5. The van der Waals surface area contributed by atoms with Gasteiger partial charge in [0.1, 0.15) is 23.8 Å². The number of aromatic nitrogens is 6. The monoisotopic (exact) mass is 520 g/mol. The van der Waals surface area contributed by atoms with Crippen molar-refractivity contribution in [1.82, 2.24) is 29.5 Å². The predicted molar refractivity (Wildman–Crippen MR) is 135 cm³/mol. The minimum Gasteiger partial charge on any atom is -0.340 e. The van der Waals surface area contributed by atoms with Crippen LogP contribution in [0.1, 0.15) is 11.3 Å². The standard InChI is InChI=1S/C23H14Cl2N8OS/c24-17-7-6-14(8-18(17)25)29-19-9-15(30-22-27-12-28-33(19)22)11-35-23-31-20(13-4-2-1-3-5-13)16(10-26)21(34)32-23/h1-9,12,29H,11H2,(H,31,32,34). The van der Waals surface area contributed by atoms with Crippen molar-refractivity contribution in [2.24, 2.45) is 0 Å². The first-order valence-corrected chi connectivity index (χ1v) is 11.9. The lowest BCUT2D eigenvalue weighted by Gasteiger charge is -2.11. The van der Waals surface area contributed by atoms with Crippen LogP contribution < -0.4 is 10.9 Å². The molecular weight excluding hydrogens is 507 g/mol. The van der Waals surface area contributed by atoms with Crippen molar-refractivity contribution < 1.29 is 0 Å². The molecule has 35 heavy (non-hydrogen) atoms. The zero-order chi connectivity index (χ0) is 24.4. The number of anilines is 2. The van der Waals surface area contributed by atoms with Crippen LogP contribution in [0.15, 0.2) is 70.9 Å². The second-order valence-electron chi connectivity index (χ2n) is 7.22. The summed E-state index contributed by atoms with van der Waals surface area (Å²) in [4.78, 5) is 28.5. The summed E-state index contributed by atoms with van der Waals surface area (Å²) in [5.41, 5.74) is 1.89. The van der Waals surface area contributed by atoms with E-state index in [0.717, 1.165) is 0 Å². The number of benzene rings is 2. The molecule has 2 N–H and O–H groups in total. The highest BCUT2D eigenvalue weighted by Crippen LogP contribution is 2.28. The normalized spacial score (nSPS) is 10.9. The van der Waals surface area contributed by atoms with Crippen molar-refractivity contribution in [3.8, 4) is 17.3 Å². The molecule has 0 unspecified atom stereocenters. The van der Waals surface area contributed by atoms with Gasteiger partial charge in [0.2, 0.25) is 0 Å². The third-order valence-corrected chi connectivity index (χ3v) is 6.56. The first-order chi connectivity index (χ1) is 17.0. The molecule has 2 aromatic carbocycles. The second-order valence-corrected chi connectivity index (χ2v) is 9.00. The molecular formula is C23H14Cl2N8OS. The van der Waals surface area contributed by atoms with Gasteiger partial charge in [0.05, 0.1) is 21.4 Å². The van der Waals surface area contributed by atoms with Crippen LogP contribution in [0.25, 0.3) is 17.0 Å². The van der Waals surface area contributed by atoms with Gasteiger partial charge in [-0.05, 0) is 18.2 Å². The molecule has 0 spiro atoms. The smallest absolute Gasteiger partial charge is 0.270 e. The van der Waals surface area contributed by atoms with Crippen LogP contribution in [0.5, 0.6) is 0 Å². The van der Waals surface area contributed by atoms with Gasteiger partial charge < -0.3 is 10.3 Å². The molecule has 3 heterocycles. The zero-order valence-corrected chi connectivity index (χ0v) is 20.1. The molecule has 0 bridgehead atoms.